The highest BCUT2D eigenvalue weighted by Gasteiger charge is 2.30. The van der Waals surface area contributed by atoms with E-state index in [1.54, 1.807) is 6.92 Å². The van der Waals surface area contributed by atoms with Crippen LogP contribution in [0, 0.1) is 0 Å². The number of nitrogens with zero attached hydrogens (tertiary/aromatic N) is 2. The number of esters is 1. The molecule has 1 aliphatic heterocycles. The summed E-state index contributed by atoms with van der Waals surface area (Å²) in [6, 6.07) is 0. The van der Waals surface area contributed by atoms with E-state index in [2.05, 4.69) is 5.32 Å². The summed E-state index contributed by atoms with van der Waals surface area (Å²) < 4.78 is 5.14. The molecule has 0 aromatic carbocycles. The summed E-state index contributed by atoms with van der Waals surface area (Å²) in [6.07, 6.45) is 1.06. The van der Waals surface area contributed by atoms with E-state index < -0.39 is 5.97 Å². The van der Waals surface area contributed by atoms with Gasteiger partial charge in [-0.15, -0.1) is 11.3 Å². The van der Waals surface area contributed by atoms with E-state index in [1.165, 1.54) is 18.3 Å². The Hall–Kier alpha value is -1.93. The van der Waals surface area contributed by atoms with Gasteiger partial charge in [0.1, 0.15) is 5.00 Å². The van der Waals surface area contributed by atoms with Gasteiger partial charge in [-0.05, 0) is 33.0 Å². The minimum atomic E-state index is -0.420. The predicted octanol–water partition coefficient (Wildman–Crippen LogP) is 1.72. The lowest BCUT2D eigenvalue weighted by Gasteiger charge is -2.27. The maximum absolute atomic E-state index is 12.4. The van der Waals surface area contributed by atoms with Gasteiger partial charge in [0.05, 0.1) is 18.7 Å². The lowest BCUT2D eigenvalue weighted by atomic mass is 10.0. The van der Waals surface area contributed by atoms with Gasteiger partial charge < -0.3 is 19.9 Å². The lowest BCUT2D eigenvalue weighted by Crippen LogP contribution is -2.37. The van der Waals surface area contributed by atoms with E-state index in [1.807, 2.05) is 23.9 Å². The first-order valence-corrected chi connectivity index (χ1v) is 9.16. The summed E-state index contributed by atoms with van der Waals surface area (Å²) in [4.78, 5) is 40.9. The lowest BCUT2D eigenvalue weighted by molar-refractivity contribution is -0.132. The van der Waals surface area contributed by atoms with Crippen molar-refractivity contribution in [3.8, 4) is 0 Å². The van der Waals surface area contributed by atoms with Crippen LogP contribution in [-0.2, 0) is 27.3 Å². The van der Waals surface area contributed by atoms with Gasteiger partial charge >= 0.3 is 5.97 Å². The molecule has 0 unspecified atom stereocenters. The molecule has 1 aromatic rings. The van der Waals surface area contributed by atoms with E-state index in [4.69, 9.17) is 4.74 Å². The highest BCUT2D eigenvalue weighted by molar-refractivity contribution is 7.17. The van der Waals surface area contributed by atoms with Crippen LogP contribution < -0.4 is 5.32 Å². The summed E-state index contributed by atoms with van der Waals surface area (Å²) >= 11 is 1.35. The number of fused-ring (bicyclic) bond motifs is 1. The highest BCUT2D eigenvalue weighted by Crippen LogP contribution is 2.37. The van der Waals surface area contributed by atoms with Gasteiger partial charge in [-0.1, -0.05) is 0 Å². The maximum atomic E-state index is 12.4. The molecule has 1 aromatic heterocycles. The van der Waals surface area contributed by atoms with Crippen LogP contribution >= 0.6 is 11.3 Å². The second-order valence-electron chi connectivity index (χ2n) is 6.23. The number of ether oxygens (including phenoxy) is 1. The molecule has 1 N–H and O–H groups in total. The first kappa shape index (κ1) is 19.4. The highest BCUT2D eigenvalue weighted by atomic mass is 32.1. The number of nitrogens with one attached hydrogen (secondary N) is 1. The summed E-state index contributed by atoms with van der Waals surface area (Å²) in [7, 11) is 3.87. The van der Waals surface area contributed by atoms with Crippen molar-refractivity contribution in [2.24, 2.45) is 0 Å². The molecule has 0 atom stereocenters. The minimum absolute atomic E-state index is 0.103. The van der Waals surface area contributed by atoms with Crippen LogP contribution in [-0.4, -0.2) is 61.4 Å². The Morgan fingerprint density at radius 3 is 2.64 bits per heavy atom. The smallest absolute Gasteiger partial charge is 0.341 e. The Balaban J connectivity index is 2.23. The van der Waals surface area contributed by atoms with Crippen molar-refractivity contribution < 1.29 is 19.1 Å². The Morgan fingerprint density at radius 2 is 2.04 bits per heavy atom. The van der Waals surface area contributed by atoms with Crippen molar-refractivity contribution in [1.82, 2.24) is 9.80 Å². The van der Waals surface area contributed by atoms with E-state index in [-0.39, 0.29) is 18.4 Å². The van der Waals surface area contributed by atoms with E-state index in [9.17, 15) is 14.4 Å². The van der Waals surface area contributed by atoms with Gasteiger partial charge in [-0.3, -0.25) is 9.59 Å². The van der Waals surface area contributed by atoms with Gasteiger partial charge in [-0.25, -0.2) is 4.79 Å². The average molecular weight is 367 g/mol. The van der Waals surface area contributed by atoms with Gasteiger partial charge in [0.25, 0.3) is 0 Å². The molecule has 0 fully saturated rings. The fourth-order valence-corrected chi connectivity index (χ4v) is 4.06. The molecule has 2 amide bonds. The largest absolute Gasteiger partial charge is 0.462 e. The van der Waals surface area contributed by atoms with Crippen molar-refractivity contribution in [1.29, 1.82) is 0 Å². The molecule has 2 heterocycles. The van der Waals surface area contributed by atoms with Crippen molar-refractivity contribution in [2.45, 2.75) is 33.2 Å². The molecule has 0 saturated heterocycles. The fourth-order valence-electron chi connectivity index (χ4n) is 2.76. The van der Waals surface area contributed by atoms with Crippen LogP contribution in [0.1, 0.15) is 41.1 Å². The second kappa shape index (κ2) is 8.44. The Labute approximate surface area is 151 Å². The number of hydrogen-bond acceptors (Lipinski definition) is 6. The van der Waals surface area contributed by atoms with Crippen molar-refractivity contribution in [2.75, 3.05) is 39.1 Å². The topological polar surface area (TPSA) is 79.0 Å². The SMILES string of the molecule is CCOC(=O)c1c(NC(C)=O)sc2c1CCN(C(=O)CCN(C)C)C2. The van der Waals surface area contributed by atoms with Crippen LogP contribution in [0.2, 0.25) is 0 Å². The molecule has 7 nitrogen and oxygen atoms in total. The molecule has 0 radical (unpaired) electrons. The molecule has 0 bridgehead atoms. The van der Waals surface area contributed by atoms with Crippen LogP contribution in [0.4, 0.5) is 5.00 Å². The normalized spacial score (nSPS) is 13.6. The Morgan fingerprint density at radius 1 is 1.32 bits per heavy atom. The van der Waals surface area contributed by atoms with E-state index >= 15 is 0 Å². The van der Waals surface area contributed by atoms with Crippen LogP contribution in [0.15, 0.2) is 0 Å². The van der Waals surface area contributed by atoms with Crippen LogP contribution in [0.5, 0.6) is 0 Å². The molecule has 2 rings (SSSR count). The molecule has 8 heteroatoms. The molecule has 25 heavy (non-hydrogen) atoms. The van der Waals surface area contributed by atoms with Crippen molar-refractivity contribution in [3.63, 3.8) is 0 Å². The summed E-state index contributed by atoms with van der Waals surface area (Å²) in [5, 5.41) is 3.24. The first-order chi connectivity index (χ1) is 11.8. The Kier molecular flexibility index (Phi) is 6.55. The molecular weight excluding hydrogens is 342 g/mol. The van der Waals surface area contributed by atoms with E-state index in [0.29, 0.717) is 43.0 Å². The number of rotatable bonds is 6. The quantitative estimate of drug-likeness (QED) is 0.775. The van der Waals surface area contributed by atoms with Crippen molar-refractivity contribution >= 4 is 34.1 Å². The van der Waals surface area contributed by atoms with Crippen LogP contribution in [0.25, 0.3) is 0 Å². The molecule has 0 spiro atoms. The standard InChI is InChI=1S/C17H25N3O4S/c1-5-24-17(23)15-12-6-9-20(14(22)7-8-19(3)4)10-13(12)25-16(15)18-11(2)21/h5-10H2,1-4H3,(H,18,21). The number of carbonyl (C=O) groups excluding carboxylic acids is 3. The molecule has 0 saturated carbocycles. The molecule has 138 valence electrons. The van der Waals surface area contributed by atoms with Crippen molar-refractivity contribution in [3.05, 3.63) is 16.0 Å². The molecule has 0 aliphatic carbocycles. The fraction of sp³-hybridized carbons (Fsp3) is 0.588. The van der Waals surface area contributed by atoms with Gasteiger partial charge in [0.15, 0.2) is 0 Å². The third kappa shape index (κ3) is 4.79. The third-order valence-electron chi connectivity index (χ3n) is 3.95. The first-order valence-electron chi connectivity index (χ1n) is 8.35. The van der Waals surface area contributed by atoms with Gasteiger partial charge in [-0.2, -0.15) is 0 Å². The second-order valence-corrected chi connectivity index (χ2v) is 7.33. The number of amides is 2. The average Bonchev–Trinajstić information content (AvgIpc) is 2.88. The Bertz CT molecular complexity index is 669. The minimum Gasteiger partial charge on any atom is -0.462 e. The molecule has 1 aliphatic rings. The number of anilines is 1. The molecular formula is C17H25N3O4S. The summed E-state index contributed by atoms with van der Waals surface area (Å²) in [5.41, 5.74) is 1.33. The zero-order valence-electron chi connectivity index (χ0n) is 15.2. The zero-order valence-corrected chi connectivity index (χ0v) is 16.0. The summed E-state index contributed by atoms with van der Waals surface area (Å²) in [6.45, 7) is 5.18. The zero-order chi connectivity index (χ0) is 18.6. The predicted molar refractivity (Wildman–Crippen MR) is 96.9 cm³/mol. The van der Waals surface area contributed by atoms with Gasteiger partial charge in [0.2, 0.25) is 11.8 Å². The number of thiophene rings is 1. The number of hydrogen-bond donors (Lipinski definition) is 1. The van der Waals surface area contributed by atoms with Crippen LogP contribution in [0.3, 0.4) is 0 Å². The number of carbonyl (C=O) groups is 3. The monoisotopic (exact) mass is 367 g/mol. The maximum Gasteiger partial charge on any atom is 0.341 e. The third-order valence-corrected chi connectivity index (χ3v) is 5.08. The summed E-state index contributed by atoms with van der Waals surface area (Å²) in [5.74, 6) is -0.550. The van der Waals surface area contributed by atoms with Gasteiger partial charge in [0, 0.05) is 31.3 Å². The van der Waals surface area contributed by atoms with E-state index in [0.717, 1.165) is 10.4 Å².